The topological polar surface area (TPSA) is 43.1 Å². The molecule has 0 radical (unpaired) electrons. The molecule has 0 bridgehead atoms. The summed E-state index contributed by atoms with van der Waals surface area (Å²) in [5.41, 5.74) is 3.93. The average molecular weight is 240 g/mol. The maximum absolute atomic E-state index is 12.3. The molecule has 15 heavy (non-hydrogen) atoms. The molecule has 1 amide bonds. The molecule has 0 aliphatic heterocycles. The zero-order valence-electron chi connectivity index (χ0n) is 7.54. The van der Waals surface area contributed by atoms with E-state index in [1.54, 1.807) is 0 Å². The van der Waals surface area contributed by atoms with Crippen molar-refractivity contribution in [3.05, 3.63) is 35.4 Å². The van der Waals surface area contributed by atoms with Crippen LogP contribution in [0.3, 0.4) is 0 Å². The Kier molecular flexibility index (Phi) is 4.61. The van der Waals surface area contributed by atoms with Gasteiger partial charge in [-0.25, -0.2) is 0 Å². The van der Waals surface area contributed by atoms with Crippen molar-refractivity contribution >= 4 is 18.3 Å². The Hall–Kier alpha value is -1.23. The predicted octanol–water partition coefficient (Wildman–Crippen LogP) is 2.16. The fraction of sp³-hybridized carbons (Fsp3) is 0.222. The molecule has 0 unspecified atom stereocenters. The molecular formula is C9H9ClF3NO. The zero-order chi connectivity index (χ0) is 10.8. The summed E-state index contributed by atoms with van der Waals surface area (Å²) in [7, 11) is 0. The number of hydrogen-bond donors (Lipinski definition) is 1. The van der Waals surface area contributed by atoms with E-state index in [-0.39, 0.29) is 18.0 Å². The second-order valence-corrected chi connectivity index (χ2v) is 2.80. The number of benzene rings is 1. The highest BCUT2D eigenvalue weighted by molar-refractivity contribution is 5.85. The van der Waals surface area contributed by atoms with Crippen molar-refractivity contribution in [3.63, 3.8) is 0 Å². The lowest BCUT2D eigenvalue weighted by molar-refractivity contribution is -0.138. The molecule has 1 aromatic carbocycles. The van der Waals surface area contributed by atoms with Crippen LogP contribution in [-0.4, -0.2) is 5.91 Å². The number of amides is 1. The van der Waals surface area contributed by atoms with Gasteiger partial charge in [-0.2, -0.15) is 13.2 Å². The Morgan fingerprint density at radius 2 is 1.80 bits per heavy atom. The van der Waals surface area contributed by atoms with E-state index in [2.05, 4.69) is 0 Å². The second kappa shape index (κ2) is 5.02. The molecular weight excluding hydrogens is 231 g/mol. The van der Waals surface area contributed by atoms with E-state index in [0.717, 1.165) is 6.07 Å². The molecule has 84 valence electrons. The minimum Gasteiger partial charge on any atom is -0.369 e. The lowest BCUT2D eigenvalue weighted by Gasteiger charge is -2.10. The van der Waals surface area contributed by atoms with E-state index in [4.69, 9.17) is 5.73 Å². The van der Waals surface area contributed by atoms with Gasteiger partial charge in [0.2, 0.25) is 5.91 Å². The van der Waals surface area contributed by atoms with Gasteiger partial charge in [0, 0.05) is 0 Å². The van der Waals surface area contributed by atoms with Crippen LogP contribution in [0.5, 0.6) is 0 Å². The summed E-state index contributed by atoms with van der Waals surface area (Å²) < 4.78 is 37.0. The van der Waals surface area contributed by atoms with Crippen molar-refractivity contribution in [2.75, 3.05) is 0 Å². The van der Waals surface area contributed by atoms with Crippen LogP contribution < -0.4 is 5.73 Å². The van der Waals surface area contributed by atoms with Crippen molar-refractivity contribution in [2.45, 2.75) is 12.6 Å². The maximum atomic E-state index is 12.3. The summed E-state index contributed by atoms with van der Waals surface area (Å²) in [4.78, 5) is 10.5. The summed E-state index contributed by atoms with van der Waals surface area (Å²) in [6.45, 7) is 0. The summed E-state index contributed by atoms with van der Waals surface area (Å²) in [6, 6.07) is 4.88. The number of nitrogens with two attached hydrogens (primary N) is 1. The summed E-state index contributed by atoms with van der Waals surface area (Å²) >= 11 is 0. The standard InChI is InChI=1S/C9H8F3NO.ClH/c10-9(11,12)7-4-2-1-3-6(7)5-8(13)14;/h1-4H,5H2,(H2,13,14);1H. The number of halogens is 4. The third-order valence-corrected chi connectivity index (χ3v) is 1.69. The summed E-state index contributed by atoms with van der Waals surface area (Å²) in [5, 5.41) is 0. The van der Waals surface area contributed by atoms with Crippen LogP contribution in [-0.2, 0) is 17.4 Å². The number of carbonyl (C=O) groups excluding carboxylic acids is 1. The Bertz CT molecular complexity index is 351. The molecule has 0 fully saturated rings. The number of alkyl halides is 3. The first-order valence-electron chi connectivity index (χ1n) is 3.84. The average Bonchev–Trinajstić information content (AvgIpc) is 2.01. The Morgan fingerprint density at radius 1 is 1.27 bits per heavy atom. The number of primary amides is 1. The van der Waals surface area contributed by atoms with Gasteiger partial charge in [0.15, 0.2) is 0 Å². The third-order valence-electron chi connectivity index (χ3n) is 1.69. The maximum Gasteiger partial charge on any atom is 0.416 e. The van der Waals surface area contributed by atoms with Crippen LogP contribution in [0.4, 0.5) is 13.2 Å². The van der Waals surface area contributed by atoms with Crippen molar-refractivity contribution in [3.8, 4) is 0 Å². The highest BCUT2D eigenvalue weighted by atomic mass is 35.5. The summed E-state index contributed by atoms with van der Waals surface area (Å²) in [5.74, 6) is -0.776. The van der Waals surface area contributed by atoms with Crippen LogP contribution in [0.15, 0.2) is 24.3 Å². The van der Waals surface area contributed by atoms with Crippen LogP contribution in [0, 0.1) is 0 Å². The Morgan fingerprint density at radius 3 is 2.27 bits per heavy atom. The van der Waals surface area contributed by atoms with Crippen LogP contribution in [0.25, 0.3) is 0 Å². The fourth-order valence-electron chi connectivity index (χ4n) is 1.14. The monoisotopic (exact) mass is 239 g/mol. The molecule has 1 aromatic rings. The molecule has 0 heterocycles. The molecule has 6 heteroatoms. The van der Waals surface area contributed by atoms with Gasteiger partial charge in [-0.15, -0.1) is 12.4 Å². The van der Waals surface area contributed by atoms with E-state index < -0.39 is 24.1 Å². The van der Waals surface area contributed by atoms with E-state index >= 15 is 0 Å². The predicted molar refractivity (Wildman–Crippen MR) is 51.6 cm³/mol. The van der Waals surface area contributed by atoms with Crippen LogP contribution in [0.1, 0.15) is 11.1 Å². The van der Waals surface area contributed by atoms with Crippen molar-refractivity contribution in [1.29, 1.82) is 0 Å². The van der Waals surface area contributed by atoms with Crippen molar-refractivity contribution < 1.29 is 18.0 Å². The zero-order valence-corrected chi connectivity index (χ0v) is 8.36. The van der Waals surface area contributed by atoms with Gasteiger partial charge in [0.1, 0.15) is 0 Å². The van der Waals surface area contributed by atoms with Gasteiger partial charge >= 0.3 is 6.18 Å². The van der Waals surface area contributed by atoms with E-state index in [1.165, 1.54) is 18.2 Å². The van der Waals surface area contributed by atoms with Gasteiger partial charge in [-0.05, 0) is 11.6 Å². The minimum atomic E-state index is -4.44. The molecule has 0 saturated heterocycles. The normalized spacial score (nSPS) is 10.6. The molecule has 0 aliphatic rings. The van der Waals surface area contributed by atoms with Crippen molar-refractivity contribution in [1.82, 2.24) is 0 Å². The quantitative estimate of drug-likeness (QED) is 0.844. The first kappa shape index (κ1) is 13.8. The van der Waals surface area contributed by atoms with E-state index in [1.807, 2.05) is 0 Å². The molecule has 0 saturated carbocycles. The number of hydrogen-bond acceptors (Lipinski definition) is 1. The molecule has 2 nitrogen and oxygen atoms in total. The third kappa shape index (κ3) is 3.79. The molecule has 1 rings (SSSR count). The van der Waals surface area contributed by atoms with E-state index in [0.29, 0.717) is 0 Å². The first-order valence-corrected chi connectivity index (χ1v) is 3.84. The molecule has 0 aromatic heterocycles. The minimum absolute atomic E-state index is 0. The van der Waals surface area contributed by atoms with Gasteiger partial charge in [0.25, 0.3) is 0 Å². The lowest BCUT2D eigenvalue weighted by atomic mass is 10.0. The van der Waals surface area contributed by atoms with Crippen LogP contribution >= 0.6 is 12.4 Å². The Labute approximate surface area is 90.7 Å². The largest absolute Gasteiger partial charge is 0.416 e. The molecule has 0 spiro atoms. The van der Waals surface area contributed by atoms with Crippen LogP contribution in [0.2, 0.25) is 0 Å². The molecule has 0 aliphatic carbocycles. The lowest BCUT2D eigenvalue weighted by Crippen LogP contribution is -2.17. The summed E-state index contributed by atoms with van der Waals surface area (Å²) in [6.07, 6.45) is -4.83. The Balaban J connectivity index is 0.00000196. The second-order valence-electron chi connectivity index (χ2n) is 2.80. The molecule has 2 N–H and O–H groups in total. The number of carbonyl (C=O) groups is 1. The smallest absolute Gasteiger partial charge is 0.369 e. The van der Waals surface area contributed by atoms with Gasteiger partial charge < -0.3 is 5.73 Å². The SMILES string of the molecule is Cl.NC(=O)Cc1ccccc1C(F)(F)F. The highest BCUT2D eigenvalue weighted by Crippen LogP contribution is 2.31. The fourth-order valence-corrected chi connectivity index (χ4v) is 1.14. The first-order chi connectivity index (χ1) is 6.41. The molecule has 0 atom stereocenters. The van der Waals surface area contributed by atoms with Gasteiger partial charge in [0.05, 0.1) is 12.0 Å². The van der Waals surface area contributed by atoms with Crippen molar-refractivity contribution in [2.24, 2.45) is 5.73 Å². The number of rotatable bonds is 2. The van der Waals surface area contributed by atoms with E-state index in [9.17, 15) is 18.0 Å². The highest BCUT2D eigenvalue weighted by Gasteiger charge is 2.32. The van der Waals surface area contributed by atoms with Gasteiger partial charge in [-0.3, -0.25) is 4.79 Å². The van der Waals surface area contributed by atoms with Gasteiger partial charge in [-0.1, -0.05) is 18.2 Å².